The van der Waals surface area contributed by atoms with E-state index in [9.17, 15) is 0 Å². The van der Waals surface area contributed by atoms with Crippen LogP contribution in [0.3, 0.4) is 0 Å². The Bertz CT molecular complexity index is 199. The van der Waals surface area contributed by atoms with Crippen molar-refractivity contribution in [2.75, 3.05) is 19.7 Å². The summed E-state index contributed by atoms with van der Waals surface area (Å²) in [5, 5.41) is 0. The molecule has 0 amide bonds. The first-order valence-electron chi connectivity index (χ1n) is 5.27. The minimum absolute atomic E-state index is 0.337. The third-order valence-corrected chi connectivity index (χ3v) is 2.90. The van der Waals surface area contributed by atoms with Gasteiger partial charge in [-0.2, -0.15) is 0 Å². The summed E-state index contributed by atoms with van der Waals surface area (Å²) in [5.41, 5.74) is 5.50. The van der Waals surface area contributed by atoms with Crippen molar-refractivity contribution in [2.24, 2.45) is 5.73 Å². The Morgan fingerprint density at radius 2 is 2.36 bits per heavy atom. The average molecular weight is 216 g/mol. The molecule has 0 radical (unpaired) electrons. The fourth-order valence-electron chi connectivity index (χ4n) is 1.82. The van der Waals surface area contributed by atoms with Gasteiger partial charge in [-0.05, 0) is 13.3 Å². The van der Waals surface area contributed by atoms with Crippen molar-refractivity contribution >= 4 is 17.2 Å². The molecule has 82 valence electrons. The highest BCUT2D eigenvalue weighted by Crippen LogP contribution is 2.14. The molecular formula is C10H20N2OS. The summed E-state index contributed by atoms with van der Waals surface area (Å²) in [6, 6.07) is 0.542. The highest BCUT2D eigenvalue weighted by atomic mass is 32.1. The maximum atomic E-state index is 5.61. The number of rotatable bonds is 4. The molecule has 1 rings (SSSR count). The molecule has 1 aliphatic rings. The number of hydrogen-bond acceptors (Lipinski definition) is 3. The van der Waals surface area contributed by atoms with E-state index in [4.69, 9.17) is 22.7 Å². The van der Waals surface area contributed by atoms with Gasteiger partial charge < -0.3 is 10.5 Å². The van der Waals surface area contributed by atoms with Gasteiger partial charge in [0.2, 0.25) is 0 Å². The summed E-state index contributed by atoms with van der Waals surface area (Å²) in [6.07, 6.45) is 2.28. The zero-order chi connectivity index (χ0) is 10.6. The van der Waals surface area contributed by atoms with E-state index in [2.05, 4.69) is 18.7 Å². The van der Waals surface area contributed by atoms with E-state index < -0.39 is 0 Å². The van der Waals surface area contributed by atoms with E-state index in [0.717, 1.165) is 32.5 Å². The minimum atomic E-state index is 0.337. The van der Waals surface area contributed by atoms with Gasteiger partial charge >= 0.3 is 0 Å². The van der Waals surface area contributed by atoms with Crippen LogP contribution in [0.25, 0.3) is 0 Å². The van der Waals surface area contributed by atoms with E-state index >= 15 is 0 Å². The lowest BCUT2D eigenvalue weighted by Crippen LogP contribution is -2.49. The number of nitrogens with zero attached hydrogens (tertiary/aromatic N) is 1. The molecule has 0 aromatic carbocycles. The summed E-state index contributed by atoms with van der Waals surface area (Å²) in [5.74, 6) is 0. The van der Waals surface area contributed by atoms with Gasteiger partial charge in [0, 0.05) is 25.6 Å². The molecular weight excluding hydrogens is 196 g/mol. The summed E-state index contributed by atoms with van der Waals surface area (Å²) >= 11 is 4.89. The second kappa shape index (κ2) is 5.63. The standard InChI is InChI=1S/C10H20N2OS/c1-3-9-7-13-8(2)6-12(9)5-4-10(11)14/h8-9H,3-7H2,1-2H3,(H2,11,14). The Morgan fingerprint density at radius 1 is 1.64 bits per heavy atom. The van der Waals surface area contributed by atoms with Gasteiger partial charge in [-0.3, -0.25) is 4.90 Å². The summed E-state index contributed by atoms with van der Waals surface area (Å²) < 4.78 is 5.61. The third kappa shape index (κ3) is 3.52. The Hall–Kier alpha value is -0.190. The van der Waals surface area contributed by atoms with E-state index in [1.807, 2.05) is 0 Å². The smallest absolute Gasteiger partial charge is 0.0740 e. The highest BCUT2D eigenvalue weighted by Gasteiger charge is 2.24. The summed E-state index contributed by atoms with van der Waals surface area (Å²) in [7, 11) is 0. The largest absolute Gasteiger partial charge is 0.393 e. The van der Waals surface area contributed by atoms with E-state index in [0.29, 0.717) is 17.1 Å². The highest BCUT2D eigenvalue weighted by molar-refractivity contribution is 7.80. The molecule has 1 heterocycles. The normalized spacial score (nSPS) is 29.0. The van der Waals surface area contributed by atoms with Crippen LogP contribution in [0.15, 0.2) is 0 Å². The van der Waals surface area contributed by atoms with Crippen LogP contribution in [0.1, 0.15) is 26.7 Å². The molecule has 1 saturated heterocycles. The lowest BCUT2D eigenvalue weighted by molar-refractivity contribution is -0.0546. The lowest BCUT2D eigenvalue weighted by Gasteiger charge is -2.38. The minimum Gasteiger partial charge on any atom is -0.393 e. The zero-order valence-corrected chi connectivity index (χ0v) is 9.85. The molecule has 0 aromatic heterocycles. The number of ether oxygens (including phenoxy) is 1. The number of nitrogens with two attached hydrogens (primary N) is 1. The number of thiocarbonyl (C=S) groups is 1. The fourth-order valence-corrected chi connectivity index (χ4v) is 1.91. The summed E-state index contributed by atoms with van der Waals surface area (Å²) in [6.45, 7) is 7.12. The van der Waals surface area contributed by atoms with E-state index in [-0.39, 0.29) is 0 Å². The quantitative estimate of drug-likeness (QED) is 0.716. The van der Waals surface area contributed by atoms with Crippen LogP contribution >= 0.6 is 12.2 Å². The molecule has 2 unspecified atom stereocenters. The Kier molecular flexibility index (Phi) is 4.78. The van der Waals surface area contributed by atoms with Gasteiger partial charge in [-0.25, -0.2) is 0 Å². The molecule has 1 aliphatic heterocycles. The van der Waals surface area contributed by atoms with Crippen LogP contribution in [0.4, 0.5) is 0 Å². The second-order valence-corrected chi connectivity index (χ2v) is 4.44. The van der Waals surface area contributed by atoms with Gasteiger partial charge in [0.15, 0.2) is 0 Å². The van der Waals surface area contributed by atoms with E-state index in [1.165, 1.54) is 0 Å². The van der Waals surface area contributed by atoms with Crippen molar-refractivity contribution in [3.8, 4) is 0 Å². The molecule has 0 aromatic rings. The van der Waals surface area contributed by atoms with Crippen molar-refractivity contribution in [2.45, 2.75) is 38.8 Å². The SMILES string of the molecule is CCC1COC(C)CN1CCC(N)=S. The van der Waals surface area contributed by atoms with Crippen molar-refractivity contribution < 1.29 is 4.74 Å². The first-order chi connectivity index (χ1) is 6.63. The molecule has 0 aliphatic carbocycles. The molecule has 14 heavy (non-hydrogen) atoms. The molecule has 4 heteroatoms. The molecule has 0 saturated carbocycles. The first-order valence-corrected chi connectivity index (χ1v) is 5.68. The van der Waals surface area contributed by atoms with Crippen LogP contribution in [0.2, 0.25) is 0 Å². The van der Waals surface area contributed by atoms with Crippen molar-refractivity contribution in [1.29, 1.82) is 0 Å². The van der Waals surface area contributed by atoms with Crippen LogP contribution in [-0.4, -0.2) is 41.7 Å². The van der Waals surface area contributed by atoms with Gasteiger partial charge in [0.25, 0.3) is 0 Å². The maximum Gasteiger partial charge on any atom is 0.0740 e. The van der Waals surface area contributed by atoms with Gasteiger partial charge in [0.05, 0.1) is 17.7 Å². The predicted molar refractivity (Wildman–Crippen MR) is 62.5 cm³/mol. The first kappa shape index (κ1) is 11.9. The van der Waals surface area contributed by atoms with Crippen LogP contribution in [0.5, 0.6) is 0 Å². The lowest BCUT2D eigenvalue weighted by atomic mass is 10.1. The van der Waals surface area contributed by atoms with Crippen molar-refractivity contribution in [3.05, 3.63) is 0 Å². The Labute approximate surface area is 91.6 Å². The predicted octanol–water partition coefficient (Wildman–Crippen LogP) is 1.16. The molecule has 2 N–H and O–H groups in total. The zero-order valence-electron chi connectivity index (χ0n) is 9.03. The topological polar surface area (TPSA) is 38.5 Å². The van der Waals surface area contributed by atoms with E-state index in [1.54, 1.807) is 0 Å². The van der Waals surface area contributed by atoms with Crippen molar-refractivity contribution in [1.82, 2.24) is 4.90 Å². The Morgan fingerprint density at radius 3 is 2.93 bits per heavy atom. The Balaban J connectivity index is 2.40. The van der Waals surface area contributed by atoms with Crippen LogP contribution < -0.4 is 5.73 Å². The monoisotopic (exact) mass is 216 g/mol. The third-order valence-electron chi connectivity index (χ3n) is 2.70. The summed E-state index contributed by atoms with van der Waals surface area (Å²) in [4.78, 5) is 3.05. The van der Waals surface area contributed by atoms with Gasteiger partial charge in [-0.15, -0.1) is 0 Å². The molecule has 1 fully saturated rings. The maximum absolute atomic E-state index is 5.61. The molecule has 0 spiro atoms. The van der Waals surface area contributed by atoms with Crippen molar-refractivity contribution in [3.63, 3.8) is 0 Å². The fraction of sp³-hybridized carbons (Fsp3) is 0.900. The number of hydrogen-bond donors (Lipinski definition) is 1. The molecule has 0 bridgehead atoms. The second-order valence-electron chi connectivity index (χ2n) is 3.92. The van der Waals surface area contributed by atoms with Crippen LogP contribution in [-0.2, 0) is 4.74 Å². The van der Waals surface area contributed by atoms with Crippen LogP contribution in [0, 0.1) is 0 Å². The molecule has 3 nitrogen and oxygen atoms in total. The van der Waals surface area contributed by atoms with Gasteiger partial charge in [0.1, 0.15) is 0 Å². The molecule has 2 atom stereocenters. The average Bonchev–Trinajstić information content (AvgIpc) is 2.15. The van der Waals surface area contributed by atoms with Gasteiger partial charge in [-0.1, -0.05) is 19.1 Å². The number of morpholine rings is 1.